The van der Waals surface area contributed by atoms with Gasteiger partial charge in [0.05, 0.1) is 18.6 Å². The predicted octanol–water partition coefficient (Wildman–Crippen LogP) is 3.67. The number of allylic oxidation sites excluding steroid dienone is 2. The van der Waals surface area contributed by atoms with Crippen molar-refractivity contribution in [2.45, 2.75) is 44.8 Å². The highest BCUT2D eigenvalue weighted by Gasteiger charge is 2.46. The van der Waals surface area contributed by atoms with Gasteiger partial charge in [0.2, 0.25) is 0 Å². The lowest BCUT2D eigenvalue weighted by molar-refractivity contribution is -0.0321. The highest BCUT2D eigenvalue weighted by atomic mass is 19.1. The summed E-state index contributed by atoms with van der Waals surface area (Å²) in [5.74, 6) is -2.51. The Kier molecular flexibility index (Phi) is 4.74. The number of halogens is 2. The molecule has 0 fully saturated rings. The third-order valence-corrected chi connectivity index (χ3v) is 4.83. The van der Waals surface area contributed by atoms with Gasteiger partial charge in [0.15, 0.2) is 5.76 Å². The van der Waals surface area contributed by atoms with Crippen LogP contribution in [0.3, 0.4) is 0 Å². The van der Waals surface area contributed by atoms with Gasteiger partial charge in [-0.2, -0.15) is 0 Å². The molecule has 0 saturated heterocycles. The molecule has 0 amide bonds. The first-order chi connectivity index (χ1) is 11.5. The minimum Gasteiger partial charge on any atom is -0.491 e. The second-order valence-corrected chi connectivity index (χ2v) is 6.28. The van der Waals surface area contributed by atoms with Gasteiger partial charge >= 0.3 is 0 Å². The van der Waals surface area contributed by atoms with E-state index in [1.54, 1.807) is 25.1 Å². The van der Waals surface area contributed by atoms with E-state index < -0.39 is 35.7 Å². The lowest BCUT2D eigenvalue weighted by atomic mass is 9.69. The van der Waals surface area contributed by atoms with Crippen molar-refractivity contribution < 1.29 is 23.7 Å². The molecule has 4 unspecified atom stereocenters. The number of aliphatic hydroxyl groups is 2. The maximum Gasteiger partial charge on any atom is 0.150 e. The molecule has 1 aromatic carbocycles. The van der Waals surface area contributed by atoms with E-state index in [9.17, 15) is 19.0 Å². The van der Waals surface area contributed by atoms with Crippen LogP contribution in [0.2, 0.25) is 0 Å². The number of aliphatic hydroxyl groups excluding tert-OH is 2. The van der Waals surface area contributed by atoms with Crippen molar-refractivity contribution in [3.05, 3.63) is 58.4 Å². The van der Waals surface area contributed by atoms with Gasteiger partial charge in [0, 0.05) is 11.5 Å². The van der Waals surface area contributed by atoms with Gasteiger partial charge in [-0.1, -0.05) is 31.6 Å². The number of fused-ring (bicyclic) bond motifs is 3. The molecular weight excluding hydrogens is 314 g/mol. The van der Waals surface area contributed by atoms with E-state index in [1.165, 1.54) is 6.08 Å². The fourth-order valence-electron chi connectivity index (χ4n) is 3.72. The number of ether oxygens (including phenoxy) is 1. The predicted molar refractivity (Wildman–Crippen MR) is 86.5 cm³/mol. The lowest BCUT2D eigenvalue weighted by Crippen LogP contribution is -2.39. The van der Waals surface area contributed by atoms with Crippen LogP contribution in [0.25, 0.3) is 0 Å². The normalized spacial score (nSPS) is 28.6. The van der Waals surface area contributed by atoms with Crippen molar-refractivity contribution >= 4 is 0 Å². The molecular formula is C19H22F2O3. The zero-order valence-corrected chi connectivity index (χ0v) is 13.8. The van der Waals surface area contributed by atoms with Crippen LogP contribution in [0.5, 0.6) is 0 Å². The molecule has 0 aliphatic heterocycles. The number of aryl methyl sites for hydroxylation is 1. The summed E-state index contributed by atoms with van der Waals surface area (Å²) in [6.07, 6.45) is 1.68. The van der Waals surface area contributed by atoms with Crippen molar-refractivity contribution in [1.82, 2.24) is 0 Å². The molecule has 2 aliphatic carbocycles. The van der Waals surface area contributed by atoms with Crippen LogP contribution in [-0.4, -0.2) is 22.9 Å². The number of hydrogen-bond acceptors (Lipinski definition) is 3. The van der Waals surface area contributed by atoms with E-state index in [0.717, 1.165) is 6.42 Å². The Labute approximate surface area is 140 Å². The molecule has 0 saturated carbocycles. The SMILES string of the molecule is CCCc1ccc2c(c1F)C(O)C(O)C1C(F)=C(OCC)C=CC21. The Morgan fingerprint density at radius 2 is 1.92 bits per heavy atom. The molecule has 2 N–H and O–H groups in total. The third-order valence-electron chi connectivity index (χ3n) is 4.83. The smallest absolute Gasteiger partial charge is 0.150 e. The molecule has 5 heteroatoms. The Morgan fingerprint density at radius 3 is 2.58 bits per heavy atom. The summed E-state index contributed by atoms with van der Waals surface area (Å²) < 4.78 is 34.8. The fraction of sp³-hybridized carbons (Fsp3) is 0.474. The van der Waals surface area contributed by atoms with Crippen LogP contribution in [0.15, 0.2) is 35.9 Å². The minimum absolute atomic E-state index is 0.0662. The molecule has 0 aromatic heterocycles. The zero-order chi connectivity index (χ0) is 17.4. The van der Waals surface area contributed by atoms with E-state index in [1.807, 2.05) is 6.92 Å². The molecule has 1 aromatic rings. The minimum atomic E-state index is -1.46. The number of hydrogen-bond donors (Lipinski definition) is 2. The monoisotopic (exact) mass is 336 g/mol. The third kappa shape index (κ3) is 2.56. The topological polar surface area (TPSA) is 49.7 Å². The first-order valence-corrected chi connectivity index (χ1v) is 8.39. The van der Waals surface area contributed by atoms with Crippen LogP contribution >= 0.6 is 0 Å². The van der Waals surface area contributed by atoms with Crippen LogP contribution in [0.4, 0.5) is 8.78 Å². The zero-order valence-electron chi connectivity index (χ0n) is 13.8. The van der Waals surface area contributed by atoms with E-state index >= 15 is 0 Å². The van der Waals surface area contributed by atoms with Crippen molar-refractivity contribution in [3.8, 4) is 0 Å². The van der Waals surface area contributed by atoms with Crippen LogP contribution in [0.1, 0.15) is 49.0 Å². The van der Waals surface area contributed by atoms with Crippen LogP contribution < -0.4 is 0 Å². The van der Waals surface area contributed by atoms with Gasteiger partial charge in [0.25, 0.3) is 0 Å². The first-order valence-electron chi connectivity index (χ1n) is 8.39. The van der Waals surface area contributed by atoms with Gasteiger partial charge in [-0.15, -0.1) is 0 Å². The lowest BCUT2D eigenvalue weighted by Gasteiger charge is -2.40. The molecule has 4 atom stereocenters. The summed E-state index contributed by atoms with van der Waals surface area (Å²) in [6, 6.07) is 3.42. The molecule has 2 aliphatic rings. The first kappa shape index (κ1) is 17.1. The quantitative estimate of drug-likeness (QED) is 0.882. The molecule has 130 valence electrons. The Balaban J connectivity index is 2.10. The van der Waals surface area contributed by atoms with Crippen molar-refractivity contribution in [1.29, 1.82) is 0 Å². The van der Waals surface area contributed by atoms with E-state index in [2.05, 4.69) is 0 Å². The standard InChI is InChI=1S/C19H22F2O3/c1-3-5-10-6-7-11-12-8-9-13(24-4-2)17(21)15(12)19(23)18(22)14(11)16(10)20/h6-9,12,15,18-19,22-23H,3-5H2,1-2H3. The van der Waals surface area contributed by atoms with Gasteiger partial charge in [-0.3, -0.25) is 0 Å². The summed E-state index contributed by atoms with van der Waals surface area (Å²) >= 11 is 0. The summed E-state index contributed by atoms with van der Waals surface area (Å²) in [6.45, 7) is 3.99. The molecule has 0 bridgehead atoms. The summed E-state index contributed by atoms with van der Waals surface area (Å²) in [7, 11) is 0. The fourth-order valence-corrected chi connectivity index (χ4v) is 3.72. The maximum atomic E-state index is 14.8. The van der Waals surface area contributed by atoms with Gasteiger partial charge in [-0.05, 0) is 30.5 Å². The van der Waals surface area contributed by atoms with Crippen molar-refractivity contribution in [2.75, 3.05) is 6.61 Å². The molecule has 3 nitrogen and oxygen atoms in total. The van der Waals surface area contributed by atoms with Gasteiger partial charge < -0.3 is 14.9 Å². The van der Waals surface area contributed by atoms with Crippen molar-refractivity contribution in [2.24, 2.45) is 5.92 Å². The summed E-state index contributed by atoms with van der Waals surface area (Å²) in [4.78, 5) is 0. The highest BCUT2D eigenvalue weighted by molar-refractivity contribution is 5.47. The Bertz CT molecular complexity index is 696. The van der Waals surface area contributed by atoms with Gasteiger partial charge in [-0.25, -0.2) is 8.78 Å². The van der Waals surface area contributed by atoms with E-state index in [4.69, 9.17) is 4.74 Å². The van der Waals surface area contributed by atoms with Crippen LogP contribution in [-0.2, 0) is 11.2 Å². The Hall–Kier alpha value is -1.72. The molecule has 0 radical (unpaired) electrons. The largest absolute Gasteiger partial charge is 0.491 e. The molecule has 0 spiro atoms. The second kappa shape index (κ2) is 6.65. The second-order valence-electron chi connectivity index (χ2n) is 6.28. The van der Waals surface area contributed by atoms with Gasteiger partial charge in [0.1, 0.15) is 17.7 Å². The molecule has 24 heavy (non-hydrogen) atoms. The summed E-state index contributed by atoms with van der Waals surface area (Å²) in [5, 5.41) is 20.9. The van der Waals surface area contributed by atoms with Crippen LogP contribution in [0, 0.1) is 11.7 Å². The highest BCUT2D eigenvalue weighted by Crippen LogP contribution is 2.49. The van der Waals surface area contributed by atoms with Crippen molar-refractivity contribution in [3.63, 3.8) is 0 Å². The molecule has 0 heterocycles. The molecule has 3 rings (SSSR count). The number of benzene rings is 1. The summed E-state index contributed by atoms with van der Waals surface area (Å²) in [5.41, 5.74) is 1.12. The average Bonchev–Trinajstić information content (AvgIpc) is 2.56. The van der Waals surface area contributed by atoms with E-state index in [0.29, 0.717) is 24.2 Å². The number of rotatable bonds is 4. The Morgan fingerprint density at radius 1 is 1.17 bits per heavy atom. The van der Waals surface area contributed by atoms with E-state index in [-0.39, 0.29) is 11.3 Å². The average molecular weight is 336 g/mol. The maximum absolute atomic E-state index is 14.8.